The molecule has 1 N–H and O–H groups in total. The molecule has 1 aromatic carbocycles. The minimum Gasteiger partial charge on any atom is -0.379 e. The number of benzene rings is 1. The highest BCUT2D eigenvalue weighted by molar-refractivity contribution is 5.51. The number of H-pyrrole nitrogens is 1. The topological polar surface area (TPSA) is 93.0 Å². The predicted octanol–water partition coefficient (Wildman–Crippen LogP) is 1.47. The van der Waals surface area contributed by atoms with Crippen molar-refractivity contribution in [2.24, 2.45) is 0 Å². The fourth-order valence-corrected chi connectivity index (χ4v) is 3.11. The molecule has 8 nitrogen and oxygen atoms in total. The van der Waals surface area contributed by atoms with E-state index < -0.39 is 0 Å². The summed E-state index contributed by atoms with van der Waals surface area (Å²) in [6.07, 6.45) is 1.83. The molecular formula is C16H18N6O2. The Balaban J connectivity index is 1.46. The van der Waals surface area contributed by atoms with Gasteiger partial charge in [-0.15, -0.1) is 0 Å². The van der Waals surface area contributed by atoms with E-state index in [1.54, 1.807) is 13.3 Å². The smallest absolute Gasteiger partial charge is 0.257 e. The van der Waals surface area contributed by atoms with E-state index in [9.17, 15) is 0 Å². The van der Waals surface area contributed by atoms with Crippen LogP contribution in [0.15, 0.2) is 41.1 Å². The molecule has 3 aromatic rings. The molecule has 1 saturated heterocycles. The van der Waals surface area contributed by atoms with Crippen molar-refractivity contribution in [1.82, 2.24) is 30.5 Å². The van der Waals surface area contributed by atoms with Gasteiger partial charge in [0.15, 0.2) is 5.82 Å². The molecule has 1 aliphatic rings. The third-order valence-electron chi connectivity index (χ3n) is 4.31. The van der Waals surface area contributed by atoms with Crippen LogP contribution in [0.1, 0.15) is 17.4 Å². The van der Waals surface area contributed by atoms with Crippen LogP contribution in [-0.4, -0.2) is 56.8 Å². The number of likely N-dealkylation sites (tertiary alicyclic amines) is 1. The quantitative estimate of drug-likeness (QED) is 0.759. The van der Waals surface area contributed by atoms with Gasteiger partial charge in [0.25, 0.3) is 5.89 Å². The number of nitrogens with zero attached hydrogens (tertiary/aromatic N) is 5. The van der Waals surface area contributed by atoms with Crippen molar-refractivity contribution in [3.05, 3.63) is 48.0 Å². The second kappa shape index (κ2) is 6.50. The number of nitrogens with one attached hydrogen (secondary N) is 1. The van der Waals surface area contributed by atoms with E-state index in [2.05, 4.69) is 30.5 Å². The first kappa shape index (κ1) is 15.0. The molecule has 8 heteroatoms. The lowest BCUT2D eigenvalue weighted by atomic mass is 10.0. The van der Waals surface area contributed by atoms with Crippen LogP contribution < -0.4 is 0 Å². The molecule has 0 spiro atoms. The summed E-state index contributed by atoms with van der Waals surface area (Å²) in [5.74, 6) is 1.40. The van der Waals surface area contributed by atoms with E-state index in [0.29, 0.717) is 18.3 Å². The molecule has 2 aromatic heterocycles. The van der Waals surface area contributed by atoms with Crippen molar-refractivity contribution in [2.45, 2.75) is 18.6 Å². The molecule has 3 heterocycles. The van der Waals surface area contributed by atoms with Crippen LogP contribution in [0.4, 0.5) is 0 Å². The Morgan fingerprint density at radius 3 is 2.92 bits per heavy atom. The van der Waals surface area contributed by atoms with Gasteiger partial charge in [0.05, 0.1) is 24.5 Å². The highest BCUT2D eigenvalue weighted by atomic mass is 16.5. The molecule has 2 atom stereocenters. The summed E-state index contributed by atoms with van der Waals surface area (Å²) in [5.41, 5.74) is 1.84. The van der Waals surface area contributed by atoms with Gasteiger partial charge >= 0.3 is 0 Å². The Morgan fingerprint density at radius 2 is 2.17 bits per heavy atom. The maximum Gasteiger partial charge on any atom is 0.257 e. The number of aromatic nitrogens is 5. The van der Waals surface area contributed by atoms with Crippen molar-refractivity contribution in [3.8, 4) is 11.5 Å². The molecule has 124 valence electrons. The van der Waals surface area contributed by atoms with Gasteiger partial charge in [0.2, 0.25) is 0 Å². The fourth-order valence-electron chi connectivity index (χ4n) is 3.11. The van der Waals surface area contributed by atoms with Gasteiger partial charge in [0.1, 0.15) is 0 Å². The lowest BCUT2D eigenvalue weighted by molar-refractivity contribution is 0.0954. The maximum atomic E-state index is 5.60. The van der Waals surface area contributed by atoms with Crippen LogP contribution >= 0.6 is 0 Å². The van der Waals surface area contributed by atoms with Crippen molar-refractivity contribution >= 4 is 0 Å². The molecule has 1 aliphatic heterocycles. The Morgan fingerprint density at radius 1 is 1.29 bits per heavy atom. The lowest BCUT2D eigenvalue weighted by Gasteiger charge is -2.13. The van der Waals surface area contributed by atoms with Crippen molar-refractivity contribution < 1.29 is 9.26 Å². The number of aromatic amines is 1. The number of hydrogen-bond donors (Lipinski definition) is 1. The molecule has 24 heavy (non-hydrogen) atoms. The van der Waals surface area contributed by atoms with E-state index in [1.807, 2.05) is 30.3 Å². The number of rotatable bonds is 5. The van der Waals surface area contributed by atoms with E-state index >= 15 is 0 Å². The SMILES string of the molecule is CO[C@@H]1CN(Cc2noc(-c3ccccc3)n2)C[C@H]1c1cn[nH]n1. The lowest BCUT2D eigenvalue weighted by Crippen LogP contribution is -2.23. The van der Waals surface area contributed by atoms with E-state index in [-0.39, 0.29) is 12.0 Å². The summed E-state index contributed by atoms with van der Waals surface area (Å²) in [6.45, 7) is 2.23. The molecule has 0 bridgehead atoms. The third-order valence-corrected chi connectivity index (χ3v) is 4.31. The molecule has 0 aliphatic carbocycles. The van der Waals surface area contributed by atoms with Gasteiger partial charge in [-0.25, -0.2) is 0 Å². The van der Waals surface area contributed by atoms with Gasteiger partial charge in [-0.2, -0.15) is 20.4 Å². The first-order chi connectivity index (χ1) is 11.8. The van der Waals surface area contributed by atoms with E-state index in [1.165, 1.54) is 0 Å². The predicted molar refractivity (Wildman–Crippen MR) is 84.9 cm³/mol. The van der Waals surface area contributed by atoms with Gasteiger partial charge in [-0.05, 0) is 12.1 Å². The number of ether oxygens (including phenoxy) is 1. The summed E-state index contributed by atoms with van der Waals surface area (Å²) in [7, 11) is 1.73. The third kappa shape index (κ3) is 2.93. The van der Waals surface area contributed by atoms with E-state index in [0.717, 1.165) is 24.3 Å². The Bertz CT molecular complexity index is 773. The summed E-state index contributed by atoms with van der Waals surface area (Å²) in [6, 6.07) is 9.76. The molecular weight excluding hydrogens is 308 g/mol. The first-order valence-electron chi connectivity index (χ1n) is 7.82. The molecule has 0 amide bonds. The standard InChI is InChI=1S/C16H18N6O2/c1-23-14-9-22(8-12(14)13-7-17-21-19-13)10-15-18-16(24-20-15)11-5-3-2-4-6-11/h2-7,12,14H,8-10H2,1H3,(H,17,19,21)/t12-,14+/m0/s1. The summed E-state index contributed by atoms with van der Waals surface area (Å²) < 4.78 is 11.0. The highest BCUT2D eigenvalue weighted by Gasteiger charge is 2.36. The van der Waals surface area contributed by atoms with Crippen LogP contribution in [0.3, 0.4) is 0 Å². The second-order valence-corrected chi connectivity index (χ2v) is 5.85. The van der Waals surface area contributed by atoms with Crippen LogP contribution in [0.5, 0.6) is 0 Å². The number of hydrogen-bond acceptors (Lipinski definition) is 7. The van der Waals surface area contributed by atoms with Crippen molar-refractivity contribution in [2.75, 3.05) is 20.2 Å². The van der Waals surface area contributed by atoms with Crippen molar-refractivity contribution in [3.63, 3.8) is 0 Å². The zero-order valence-corrected chi connectivity index (χ0v) is 13.3. The van der Waals surface area contributed by atoms with Crippen molar-refractivity contribution in [1.29, 1.82) is 0 Å². The van der Waals surface area contributed by atoms with E-state index in [4.69, 9.17) is 9.26 Å². The highest BCUT2D eigenvalue weighted by Crippen LogP contribution is 2.28. The minimum atomic E-state index is 0.0793. The van der Waals surface area contributed by atoms with Gasteiger partial charge in [-0.1, -0.05) is 23.4 Å². The first-order valence-corrected chi connectivity index (χ1v) is 7.82. The second-order valence-electron chi connectivity index (χ2n) is 5.85. The minimum absolute atomic E-state index is 0.0793. The molecule has 4 rings (SSSR count). The molecule has 1 fully saturated rings. The molecule has 0 radical (unpaired) electrons. The zero-order chi connectivity index (χ0) is 16.4. The van der Waals surface area contributed by atoms with Gasteiger partial charge in [0, 0.05) is 31.7 Å². The molecule has 0 saturated carbocycles. The average molecular weight is 326 g/mol. The van der Waals surface area contributed by atoms with Crippen LogP contribution in [-0.2, 0) is 11.3 Å². The van der Waals surface area contributed by atoms with Crippen LogP contribution in [0.25, 0.3) is 11.5 Å². The van der Waals surface area contributed by atoms with Gasteiger partial charge in [-0.3, -0.25) is 4.90 Å². The fraction of sp³-hybridized carbons (Fsp3) is 0.375. The zero-order valence-electron chi connectivity index (χ0n) is 13.3. The summed E-state index contributed by atoms with van der Waals surface area (Å²) in [4.78, 5) is 6.73. The Labute approximate surface area is 138 Å². The summed E-state index contributed by atoms with van der Waals surface area (Å²) >= 11 is 0. The average Bonchev–Trinajstić information content (AvgIpc) is 3.36. The monoisotopic (exact) mass is 326 g/mol. The largest absolute Gasteiger partial charge is 0.379 e. The Hall–Kier alpha value is -2.58. The van der Waals surface area contributed by atoms with Crippen LogP contribution in [0.2, 0.25) is 0 Å². The van der Waals surface area contributed by atoms with Crippen LogP contribution in [0, 0.1) is 0 Å². The normalized spacial score (nSPS) is 21.4. The molecule has 0 unspecified atom stereocenters. The number of methoxy groups -OCH3 is 1. The maximum absolute atomic E-state index is 5.60. The Kier molecular flexibility index (Phi) is 4.06. The summed E-state index contributed by atoms with van der Waals surface area (Å²) in [5, 5.41) is 14.8. The van der Waals surface area contributed by atoms with Gasteiger partial charge < -0.3 is 9.26 Å².